The van der Waals surface area contributed by atoms with Crippen LogP contribution in [0.1, 0.15) is 61.9 Å². The van der Waals surface area contributed by atoms with E-state index < -0.39 is 58.2 Å². The van der Waals surface area contributed by atoms with E-state index in [-0.39, 0.29) is 29.2 Å². The molecule has 54 heavy (non-hydrogen) atoms. The third kappa shape index (κ3) is 10.3. The molecule has 5 rings (SSSR count). The Morgan fingerprint density at radius 3 is 2.28 bits per heavy atom. The maximum absolute atomic E-state index is 12.8. The molecule has 1 saturated carbocycles. The number of alkyl halides is 3. The molecule has 20 heteroatoms. The largest absolute Gasteiger partial charge is 0.463 e. The highest BCUT2D eigenvalue weighted by molar-refractivity contribution is 6.32. The quantitative estimate of drug-likeness (QED) is 0.0672. The fourth-order valence-corrected chi connectivity index (χ4v) is 5.83. The zero-order valence-electron chi connectivity index (χ0n) is 28.8. The smallest absolute Gasteiger partial charge is 0.416 e. The number of esters is 2. The number of rotatable bonds is 10. The van der Waals surface area contributed by atoms with E-state index in [1.807, 2.05) is 6.92 Å². The van der Waals surface area contributed by atoms with Crippen molar-refractivity contribution >= 4 is 46.9 Å². The number of hydrogen-bond donors (Lipinski definition) is 0. The maximum atomic E-state index is 12.8. The molecule has 4 aromatic rings. The van der Waals surface area contributed by atoms with Crippen LogP contribution in [0.25, 0.3) is 5.69 Å². The standard InChI is InChI=1S/C18H13ClF3NO7.C16H20ClN5O2/c1-2-28-16(24)9-29-17(25)12-8-11(4-5-14(12)23(26)27)30-15-6-3-10(7-13(15)19)18(20,21)22;1-2-20(12-8-4-3-5-9-12)15(23)22-16(24)21(18-19-22)14-11-7-6-10-13(14)17/h3-8H,2,9H2,1H3;6-7,10-12H,2-5,8-9H2,1H3. The third-order valence-electron chi connectivity index (χ3n) is 7.94. The van der Waals surface area contributed by atoms with Crippen molar-refractivity contribution < 1.29 is 46.7 Å². The van der Waals surface area contributed by atoms with E-state index in [9.17, 15) is 42.5 Å². The lowest BCUT2D eigenvalue weighted by molar-refractivity contribution is -0.385. The van der Waals surface area contributed by atoms with Gasteiger partial charge in [0.2, 0.25) is 0 Å². The highest BCUT2D eigenvalue weighted by Gasteiger charge is 2.32. The number of ether oxygens (including phenoxy) is 3. The van der Waals surface area contributed by atoms with Gasteiger partial charge in [-0.25, -0.2) is 19.2 Å². The van der Waals surface area contributed by atoms with Crippen LogP contribution < -0.4 is 10.4 Å². The molecule has 0 radical (unpaired) electrons. The van der Waals surface area contributed by atoms with Gasteiger partial charge in [-0.2, -0.15) is 17.9 Å². The van der Waals surface area contributed by atoms with Crippen LogP contribution in [0.15, 0.2) is 65.5 Å². The molecule has 0 atom stereocenters. The minimum Gasteiger partial charge on any atom is -0.463 e. The Morgan fingerprint density at radius 2 is 1.67 bits per heavy atom. The third-order valence-corrected chi connectivity index (χ3v) is 8.56. The number of nitro benzene ring substituents is 1. The van der Waals surface area contributed by atoms with Gasteiger partial charge in [0.15, 0.2) is 6.61 Å². The molecule has 0 spiro atoms. The zero-order chi connectivity index (χ0) is 39.6. The van der Waals surface area contributed by atoms with Gasteiger partial charge in [-0.3, -0.25) is 10.1 Å². The van der Waals surface area contributed by atoms with E-state index in [0.717, 1.165) is 65.4 Å². The number of aromatic nitrogens is 4. The van der Waals surface area contributed by atoms with Crippen LogP contribution in [0.2, 0.25) is 10.0 Å². The second-order valence-corrected chi connectivity index (χ2v) is 12.3. The summed E-state index contributed by atoms with van der Waals surface area (Å²) in [6.45, 7) is 3.27. The lowest BCUT2D eigenvalue weighted by Crippen LogP contribution is -2.46. The predicted octanol–water partition coefficient (Wildman–Crippen LogP) is 7.48. The predicted molar refractivity (Wildman–Crippen MR) is 187 cm³/mol. The molecule has 0 saturated heterocycles. The Labute approximate surface area is 315 Å². The molecule has 1 aliphatic carbocycles. The van der Waals surface area contributed by atoms with Gasteiger partial charge >= 0.3 is 29.8 Å². The van der Waals surface area contributed by atoms with Gasteiger partial charge in [-0.1, -0.05) is 54.6 Å². The van der Waals surface area contributed by atoms with Crippen molar-refractivity contribution in [2.24, 2.45) is 0 Å². The summed E-state index contributed by atoms with van der Waals surface area (Å²) in [6.07, 6.45) is 0.738. The number of benzene rings is 3. The fraction of sp³-hybridized carbons (Fsp3) is 0.353. The van der Waals surface area contributed by atoms with Crippen LogP contribution in [0, 0.1) is 10.1 Å². The van der Waals surface area contributed by atoms with Crippen molar-refractivity contribution in [3.8, 4) is 17.2 Å². The number of tetrazole rings is 1. The molecule has 0 bridgehead atoms. The van der Waals surface area contributed by atoms with Gasteiger partial charge < -0.3 is 19.1 Å². The molecule has 0 unspecified atom stereocenters. The lowest BCUT2D eigenvalue weighted by atomic mass is 9.94. The van der Waals surface area contributed by atoms with Gasteiger partial charge in [0.1, 0.15) is 17.1 Å². The van der Waals surface area contributed by atoms with Gasteiger partial charge in [0, 0.05) is 24.7 Å². The number of nitro groups is 1. The molecule has 1 heterocycles. The lowest BCUT2D eigenvalue weighted by Gasteiger charge is -2.32. The summed E-state index contributed by atoms with van der Waals surface area (Å²) in [7, 11) is 0. The average Bonchev–Trinajstić information content (AvgIpc) is 3.52. The first-order valence-electron chi connectivity index (χ1n) is 16.4. The van der Waals surface area contributed by atoms with Gasteiger partial charge in [-0.05, 0) is 73.5 Å². The molecule has 0 N–H and O–H groups in total. The van der Waals surface area contributed by atoms with E-state index in [0.29, 0.717) is 23.3 Å². The number of carbonyl (C=O) groups is 3. The summed E-state index contributed by atoms with van der Waals surface area (Å²) in [5.41, 5.74) is -2.36. The van der Waals surface area contributed by atoms with Gasteiger partial charge in [-0.15, -0.1) is 4.68 Å². The average molecular weight is 798 g/mol. The topological polar surface area (TPSA) is 178 Å². The SMILES string of the molecule is CCN(C(=O)n1nnn(-c2ccccc2Cl)c1=O)C1CCCCC1.CCOC(=O)COC(=O)c1cc(Oc2ccc(C(F)(F)F)cc2Cl)ccc1[N+](=O)[O-]. The molecule has 1 amide bonds. The highest BCUT2D eigenvalue weighted by Crippen LogP contribution is 2.37. The Balaban J connectivity index is 0.000000246. The minimum atomic E-state index is -4.61. The number of hydrogen-bond acceptors (Lipinski definition) is 11. The van der Waals surface area contributed by atoms with E-state index in [1.165, 1.54) is 13.3 Å². The Kier molecular flexibility index (Phi) is 14.1. The number of para-hydroxylation sites is 1. The monoisotopic (exact) mass is 796 g/mol. The summed E-state index contributed by atoms with van der Waals surface area (Å²) in [5.74, 6) is -2.36. The van der Waals surface area contributed by atoms with E-state index in [4.69, 9.17) is 32.7 Å². The zero-order valence-corrected chi connectivity index (χ0v) is 30.3. The molecular weight excluding hydrogens is 764 g/mol. The van der Waals surface area contributed by atoms with Crippen LogP contribution in [-0.2, 0) is 20.4 Å². The summed E-state index contributed by atoms with van der Waals surface area (Å²) in [4.78, 5) is 60.8. The normalized spacial score (nSPS) is 12.9. The van der Waals surface area contributed by atoms with Crippen molar-refractivity contribution in [1.82, 2.24) is 24.7 Å². The minimum absolute atomic E-state index is 0.0493. The van der Waals surface area contributed by atoms with Crippen molar-refractivity contribution in [2.75, 3.05) is 19.8 Å². The molecule has 0 aliphatic heterocycles. The molecular formula is C34H33Cl2F3N6O9. The van der Waals surface area contributed by atoms with Gasteiger partial charge in [0.25, 0.3) is 5.69 Å². The van der Waals surface area contributed by atoms with E-state index in [1.54, 1.807) is 29.2 Å². The first-order chi connectivity index (χ1) is 25.7. The van der Waals surface area contributed by atoms with Crippen molar-refractivity contribution in [2.45, 2.75) is 58.2 Å². The first kappa shape index (κ1) is 41.3. The molecule has 288 valence electrons. The van der Waals surface area contributed by atoms with Crippen LogP contribution >= 0.6 is 23.2 Å². The molecule has 1 fully saturated rings. The molecule has 1 aromatic heterocycles. The summed E-state index contributed by atoms with van der Waals surface area (Å²) in [6, 6.07) is 11.9. The van der Waals surface area contributed by atoms with Crippen LogP contribution in [-0.4, -0.2) is 73.4 Å². The highest BCUT2D eigenvalue weighted by atomic mass is 35.5. The van der Waals surface area contributed by atoms with Crippen molar-refractivity contribution in [3.63, 3.8) is 0 Å². The van der Waals surface area contributed by atoms with Crippen molar-refractivity contribution in [3.05, 3.63) is 102 Å². The van der Waals surface area contributed by atoms with Crippen LogP contribution in [0.5, 0.6) is 11.5 Å². The Hall–Kier alpha value is -5.49. The summed E-state index contributed by atoms with van der Waals surface area (Å²) >= 11 is 11.9. The maximum Gasteiger partial charge on any atom is 0.416 e. The Morgan fingerprint density at radius 1 is 0.963 bits per heavy atom. The second-order valence-electron chi connectivity index (χ2n) is 11.5. The fourth-order valence-electron chi connectivity index (χ4n) is 5.40. The number of carbonyl (C=O) groups excluding carboxylic acids is 3. The molecule has 15 nitrogen and oxygen atoms in total. The molecule has 3 aromatic carbocycles. The summed E-state index contributed by atoms with van der Waals surface area (Å²) < 4.78 is 54.6. The van der Waals surface area contributed by atoms with E-state index in [2.05, 4.69) is 15.2 Å². The molecule has 1 aliphatic rings. The number of nitrogens with zero attached hydrogens (tertiary/aromatic N) is 6. The second kappa shape index (κ2) is 18.5. The number of amides is 1. The van der Waals surface area contributed by atoms with Crippen LogP contribution in [0.4, 0.5) is 23.7 Å². The summed E-state index contributed by atoms with van der Waals surface area (Å²) in [5, 5.41) is 18.7. The Bertz CT molecular complexity index is 2050. The van der Waals surface area contributed by atoms with Crippen molar-refractivity contribution in [1.29, 1.82) is 0 Å². The van der Waals surface area contributed by atoms with Crippen LogP contribution in [0.3, 0.4) is 0 Å². The van der Waals surface area contributed by atoms with E-state index >= 15 is 0 Å². The number of halogens is 5. The first-order valence-corrected chi connectivity index (χ1v) is 17.2. The van der Waals surface area contributed by atoms with Gasteiger partial charge in [0.05, 0.1) is 32.8 Å².